The minimum absolute atomic E-state index is 0.210. The van der Waals surface area contributed by atoms with E-state index in [4.69, 9.17) is 0 Å². The van der Waals surface area contributed by atoms with Crippen LogP contribution in [0, 0.1) is 0 Å². The lowest BCUT2D eigenvalue weighted by atomic mass is 9.96. The van der Waals surface area contributed by atoms with Gasteiger partial charge in [0, 0.05) is 24.7 Å². The third kappa shape index (κ3) is 1.39. The average molecular weight is 173 g/mol. The maximum Gasteiger partial charge on any atom is 0.158 e. The Bertz CT molecular complexity index is 342. The second-order valence-corrected chi connectivity index (χ2v) is 3.32. The first-order chi connectivity index (χ1) is 6.29. The molecule has 13 heavy (non-hydrogen) atoms. The molecule has 0 saturated heterocycles. The number of hydrogen-bond donors (Lipinski definition) is 0. The van der Waals surface area contributed by atoms with Crippen molar-refractivity contribution in [2.75, 3.05) is 0 Å². The Morgan fingerprint density at radius 2 is 2.08 bits per heavy atom. The zero-order valence-electron chi connectivity index (χ0n) is 7.36. The minimum atomic E-state index is 0.210. The van der Waals surface area contributed by atoms with Gasteiger partial charge in [0.25, 0.3) is 0 Å². The lowest BCUT2D eigenvalue weighted by Crippen LogP contribution is -1.98. The number of carbonyl (C=O) groups is 1. The molecule has 66 valence electrons. The fraction of sp³-hybridized carbons (Fsp3) is 0.273. The van der Waals surface area contributed by atoms with Crippen molar-refractivity contribution in [1.82, 2.24) is 4.98 Å². The molecule has 1 aliphatic carbocycles. The van der Waals surface area contributed by atoms with Crippen molar-refractivity contribution in [2.24, 2.45) is 0 Å². The van der Waals surface area contributed by atoms with Crippen LogP contribution >= 0.6 is 0 Å². The van der Waals surface area contributed by atoms with Crippen LogP contribution in [0.25, 0.3) is 0 Å². The molecule has 0 N–H and O–H groups in total. The van der Waals surface area contributed by atoms with E-state index in [1.165, 1.54) is 0 Å². The summed E-state index contributed by atoms with van der Waals surface area (Å²) in [7, 11) is 0. The van der Waals surface area contributed by atoms with Gasteiger partial charge in [-0.1, -0.05) is 6.58 Å². The van der Waals surface area contributed by atoms with Gasteiger partial charge in [-0.2, -0.15) is 0 Å². The lowest BCUT2D eigenvalue weighted by molar-refractivity contribution is -0.114. The molecule has 1 saturated carbocycles. The molecule has 0 aliphatic heterocycles. The second-order valence-electron chi connectivity index (χ2n) is 3.32. The zero-order chi connectivity index (χ0) is 9.26. The molecule has 1 fully saturated rings. The largest absolute Gasteiger partial charge is 0.295 e. The van der Waals surface area contributed by atoms with Crippen molar-refractivity contribution < 1.29 is 4.79 Å². The SMILES string of the molecule is C=C1C(=O)CCC1c1ccncc1. The number of aromatic nitrogens is 1. The third-order valence-electron chi connectivity index (χ3n) is 2.55. The lowest BCUT2D eigenvalue weighted by Gasteiger charge is -2.08. The summed E-state index contributed by atoms with van der Waals surface area (Å²) >= 11 is 0. The Morgan fingerprint density at radius 3 is 2.62 bits per heavy atom. The summed E-state index contributed by atoms with van der Waals surface area (Å²) in [6, 6.07) is 3.91. The summed E-state index contributed by atoms with van der Waals surface area (Å²) < 4.78 is 0. The number of Topliss-reactive ketones (excluding diaryl/α,β-unsaturated/α-hetero) is 1. The van der Waals surface area contributed by atoms with E-state index in [2.05, 4.69) is 11.6 Å². The maximum absolute atomic E-state index is 11.2. The molecule has 1 heterocycles. The van der Waals surface area contributed by atoms with Crippen LogP contribution in [-0.2, 0) is 4.79 Å². The number of nitrogens with zero attached hydrogens (tertiary/aromatic N) is 1. The number of rotatable bonds is 1. The molecule has 0 amide bonds. The molecule has 1 unspecified atom stereocenters. The summed E-state index contributed by atoms with van der Waals surface area (Å²) in [6.45, 7) is 3.82. The summed E-state index contributed by atoms with van der Waals surface area (Å²) in [5, 5.41) is 0. The van der Waals surface area contributed by atoms with Crippen molar-refractivity contribution in [3.63, 3.8) is 0 Å². The fourth-order valence-electron chi connectivity index (χ4n) is 1.77. The molecule has 2 nitrogen and oxygen atoms in total. The van der Waals surface area contributed by atoms with Crippen molar-refractivity contribution in [3.8, 4) is 0 Å². The molecule has 2 rings (SSSR count). The Kier molecular flexibility index (Phi) is 1.97. The second kappa shape index (κ2) is 3.13. The van der Waals surface area contributed by atoms with Gasteiger partial charge in [-0.3, -0.25) is 9.78 Å². The molecule has 0 spiro atoms. The van der Waals surface area contributed by atoms with Crippen molar-refractivity contribution in [2.45, 2.75) is 18.8 Å². The molecule has 1 atom stereocenters. The molecule has 1 aromatic rings. The summed E-state index contributed by atoms with van der Waals surface area (Å²) in [4.78, 5) is 15.2. The molecular formula is C11H11NO. The predicted octanol–water partition coefficient (Wildman–Crippen LogP) is 2.08. The summed E-state index contributed by atoms with van der Waals surface area (Å²) in [5.74, 6) is 0.442. The molecule has 1 aromatic heterocycles. The van der Waals surface area contributed by atoms with Crippen LogP contribution in [0.2, 0.25) is 0 Å². The van der Waals surface area contributed by atoms with Gasteiger partial charge in [0.05, 0.1) is 0 Å². The monoisotopic (exact) mass is 173 g/mol. The first-order valence-electron chi connectivity index (χ1n) is 4.41. The van der Waals surface area contributed by atoms with Crippen LogP contribution in [0.3, 0.4) is 0 Å². The minimum Gasteiger partial charge on any atom is -0.295 e. The predicted molar refractivity (Wildman–Crippen MR) is 50.4 cm³/mol. The van der Waals surface area contributed by atoms with Crippen LogP contribution in [0.15, 0.2) is 36.7 Å². The van der Waals surface area contributed by atoms with Crippen molar-refractivity contribution >= 4 is 5.78 Å². The van der Waals surface area contributed by atoms with E-state index < -0.39 is 0 Å². The van der Waals surface area contributed by atoms with Gasteiger partial charge in [0.2, 0.25) is 0 Å². The molecule has 1 aliphatic rings. The highest BCUT2D eigenvalue weighted by molar-refractivity contribution is 5.98. The Labute approximate surface area is 77.3 Å². The fourth-order valence-corrected chi connectivity index (χ4v) is 1.77. The van der Waals surface area contributed by atoms with E-state index in [-0.39, 0.29) is 11.7 Å². The highest BCUT2D eigenvalue weighted by Crippen LogP contribution is 2.35. The smallest absolute Gasteiger partial charge is 0.158 e. The van der Waals surface area contributed by atoms with Gasteiger partial charge in [-0.05, 0) is 29.7 Å². The van der Waals surface area contributed by atoms with E-state index in [1.54, 1.807) is 12.4 Å². The van der Waals surface area contributed by atoms with E-state index in [9.17, 15) is 4.79 Å². The number of ketones is 1. The standard InChI is InChI=1S/C11H11NO/c1-8-10(2-3-11(8)13)9-4-6-12-7-5-9/h4-7,10H,1-3H2. The molecular weight excluding hydrogens is 162 g/mol. The van der Waals surface area contributed by atoms with Crippen LogP contribution in [-0.4, -0.2) is 10.8 Å². The van der Waals surface area contributed by atoms with E-state index in [1.807, 2.05) is 12.1 Å². The summed E-state index contributed by atoms with van der Waals surface area (Å²) in [6.07, 6.45) is 5.06. The number of carbonyl (C=O) groups excluding carboxylic acids is 1. The number of hydrogen-bond acceptors (Lipinski definition) is 2. The van der Waals surface area contributed by atoms with Gasteiger partial charge >= 0.3 is 0 Å². The Balaban J connectivity index is 2.29. The molecule has 0 radical (unpaired) electrons. The quantitative estimate of drug-likeness (QED) is 0.608. The van der Waals surface area contributed by atoms with Gasteiger partial charge in [-0.25, -0.2) is 0 Å². The first-order valence-corrected chi connectivity index (χ1v) is 4.41. The first kappa shape index (κ1) is 8.17. The third-order valence-corrected chi connectivity index (χ3v) is 2.55. The Hall–Kier alpha value is -1.44. The van der Waals surface area contributed by atoms with Crippen LogP contribution in [0.4, 0.5) is 0 Å². The van der Waals surface area contributed by atoms with Crippen LogP contribution in [0.1, 0.15) is 24.3 Å². The summed E-state index contributed by atoms with van der Waals surface area (Å²) in [5.41, 5.74) is 1.91. The molecule has 2 heteroatoms. The Morgan fingerprint density at radius 1 is 1.38 bits per heavy atom. The molecule has 0 aromatic carbocycles. The number of pyridine rings is 1. The highest BCUT2D eigenvalue weighted by atomic mass is 16.1. The van der Waals surface area contributed by atoms with Gasteiger partial charge in [0.1, 0.15) is 0 Å². The van der Waals surface area contributed by atoms with Gasteiger partial charge < -0.3 is 0 Å². The molecule has 0 bridgehead atoms. The van der Waals surface area contributed by atoms with Crippen LogP contribution < -0.4 is 0 Å². The normalized spacial score (nSPS) is 22.3. The topological polar surface area (TPSA) is 30.0 Å². The van der Waals surface area contributed by atoms with Gasteiger partial charge in [0.15, 0.2) is 5.78 Å². The average Bonchev–Trinajstić information content (AvgIpc) is 2.49. The highest BCUT2D eigenvalue weighted by Gasteiger charge is 2.27. The van der Waals surface area contributed by atoms with Crippen LogP contribution in [0.5, 0.6) is 0 Å². The van der Waals surface area contributed by atoms with Crippen molar-refractivity contribution in [3.05, 3.63) is 42.2 Å². The van der Waals surface area contributed by atoms with E-state index >= 15 is 0 Å². The van der Waals surface area contributed by atoms with E-state index in [0.29, 0.717) is 6.42 Å². The van der Waals surface area contributed by atoms with Crippen molar-refractivity contribution in [1.29, 1.82) is 0 Å². The maximum atomic E-state index is 11.2. The van der Waals surface area contributed by atoms with E-state index in [0.717, 1.165) is 17.6 Å². The zero-order valence-corrected chi connectivity index (χ0v) is 7.36. The van der Waals surface area contributed by atoms with Gasteiger partial charge in [-0.15, -0.1) is 0 Å². The number of allylic oxidation sites excluding steroid dienone is 1.